The summed E-state index contributed by atoms with van der Waals surface area (Å²) in [5, 5.41) is 0. The molecular formula is C17H23N3O. The van der Waals surface area contributed by atoms with Crippen molar-refractivity contribution in [2.45, 2.75) is 38.6 Å². The first-order valence-electron chi connectivity index (χ1n) is 7.54. The van der Waals surface area contributed by atoms with E-state index in [0.717, 1.165) is 18.4 Å². The molecule has 1 aromatic rings. The van der Waals surface area contributed by atoms with Gasteiger partial charge in [-0.1, -0.05) is 31.6 Å². The van der Waals surface area contributed by atoms with Crippen LogP contribution in [0, 0.1) is 17.8 Å². The van der Waals surface area contributed by atoms with Gasteiger partial charge in [0.15, 0.2) is 0 Å². The summed E-state index contributed by atoms with van der Waals surface area (Å²) >= 11 is 0. The summed E-state index contributed by atoms with van der Waals surface area (Å²) in [7, 11) is 1.88. The van der Waals surface area contributed by atoms with Gasteiger partial charge in [-0.05, 0) is 30.9 Å². The quantitative estimate of drug-likeness (QED) is 0.846. The first kappa shape index (κ1) is 15.5. The number of hydrogen-bond donors (Lipinski definition) is 1. The molecule has 0 saturated heterocycles. The summed E-state index contributed by atoms with van der Waals surface area (Å²) in [6.45, 7) is 2.58. The Morgan fingerprint density at radius 1 is 1.48 bits per heavy atom. The molecule has 21 heavy (non-hydrogen) atoms. The molecule has 0 bridgehead atoms. The zero-order valence-corrected chi connectivity index (χ0v) is 12.8. The summed E-state index contributed by atoms with van der Waals surface area (Å²) in [5.41, 5.74) is 6.60. The van der Waals surface area contributed by atoms with Crippen molar-refractivity contribution in [1.82, 2.24) is 9.88 Å². The second-order valence-corrected chi connectivity index (χ2v) is 5.78. The molecule has 1 fully saturated rings. The monoisotopic (exact) mass is 285 g/mol. The normalized spacial score (nSPS) is 21.3. The van der Waals surface area contributed by atoms with E-state index in [1.807, 2.05) is 18.0 Å². The molecule has 0 radical (unpaired) electrons. The number of nitrogens with zero attached hydrogens (tertiary/aromatic N) is 2. The van der Waals surface area contributed by atoms with Gasteiger partial charge < -0.3 is 10.6 Å². The highest BCUT2D eigenvalue weighted by atomic mass is 16.2. The number of rotatable bonds is 2. The second kappa shape index (κ2) is 7.24. The molecule has 1 amide bonds. The zero-order chi connectivity index (χ0) is 15.2. The third kappa shape index (κ3) is 4.05. The second-order valence-electron chi connectivity index (χ2n) is 5.78. The van der Waals surface area contributed by atoms with Gasteiger partial charge in [-0.25, -0.2) is 4.98 Å². The van der Waals surface area contributed by atoms with E-state index in [1.165, 1.54) is 12.8 Å². The lowest BCUT2D eigenvalue weighted by atomic mass is 9.86. The summed E-state index contributed by atoms with van der Waals surface area (Å²) in [4.78, 5) is 18.6. The number of aromatic nitrogens is 1. The minimum absolute atomic E-state index is 0.00701. The van der Waals surface area contributed by atoms with E-state index in [2.05, 4.69) is 23.7 Å². The lowest BCUT2D eigenvalue weighted by Gasteiger charge is -2.34. The van der Waals surface area contributed by atoms with Gasteiger partial charge in [-0.2, -0.15) is 0 Å². The van der Waals surface area contributed by atoms with E-state index >= 15 is 0 Å². The number of hydrogen-bond acceptors (Lipinski definition) is 3. The lowest BCUT2D eigenvalue weighted by Crippen LogP contribution is -2.40. The van der Waals surface area contributed by atoms with E-state index in [4.69, 9.17) is 5.73 Å². The van der Waals surface area contributed by atoms with Gasteiger partial charge in [-0.15, -0.1) is 0 Å². The van der Waals surface area contributed by atoms with Crippen LogP contribution in [0.25, 0.3) is 0 Å². The van der Waals surface area contributed by atoms with Crippen LogP contribution in [0.2, 0.25) is 0 Å². The largest absolute Gasteiger partial charge is 0.337 e. The molecule has 1 aromatic heterocycles. The maximum Gasteiger partial charge on any atom is 0.272 e. The topological polar surface area (TPSA) is 59.2 Å². The minimum atomic E-state index is -0.00701. The van der Waals surface area contributed by atoms with E-state index in [9.17, 15) is 4.79 Å². The Bertz CT molecular complexity index is 541. The Kier molecular flexibility index (Phi) is 5.35. The highest BCUT2D eigenvalue weighted by Crippen LogP contribution is 2.27. The van der Waals surface area contributed by atoms with Gasteiger partial charge in [0.05, 0.1) is 6.54 Å². The maximum atomic E-state index is 12.5. The third-order valence-corrected chi connectivity index (χ3v) is 4.09. The van der Waals surface area contributed by atoms with Gasteiger partial charge in [0.2, 0.25) is 0 Å². The molecule has 2 N–H and O–H groups in total. The van der Waals surface area contributed by atoms with Gasteiger partial charge in [0.25, 0.3) is 5.91 Å². The molecule has 112 valence electrons. The molecule has 1 aliphatic carbocycles. The average molecular weight is 285 g/mol. The average Bonchev–Trinajstić information content (AvgIpc) is 2.52. The van der Waals surface area contributed by atoms with Gasteiger partial charge in [-0.3, -0.25) is 4.79 Å². The van der Waals surface area contributed by atoms with Gasteiger partial charge >= 0.3 is 0 Å². The number of carbonyl (C=O) groups is 1. The standard InChI is InChI=1S/C17H23N3O/c1-13-5-3-7-15(11-13)20(2)17(21)16-9-8-14(12-19-16)6-4-10-18/h8-9,12-13,15H,3,5,7,10-11,18H2,1-2H3. The molecular weight excluding hydrogens is 262 g/mol. The van der Waals surface area contributed by atoms with Crippen LogP contribution in [0.4, 0.5) is 0 Å². The van der Waals surface area contributed by atoms with Crippen molar-refractivity contribution in [1.29, 1.82) is 0 Å². The van der Waals surface area contributed by atoms with Crippen molar-refractivity contribution >= 4 is 5.91 Å². The van der Waals surface area contributed by atoms with Crippen molar-refractivity contribution in [3.63, 3.8) is 0 Å². The van der Waals surface area contributed by atoms with Crippen molar-refractivity contribution in [3.8, 4) is 11.8 Å². The summed E-state index contributed by atoms with van der Waals surface area (Å²) in [6.07, 6.45) is 6.28. The zero-order valence-electron chi connectivity index (χ0n) is 12.8. The molecule has 0 spiro atoms. The highest BCUT2D eigenvalue weighted by molar-refractivity contribution is 5.92. The van der Waals surface area contributed by atoms with Crippen LogP contribution in [0.5, 0.6) is 0 Å². The Labute approximate surface area is 126 Å². The van der Waals surface area contributed by atoms with Crippen LogP contribution < -0.4 is 5.73 Å². The molecule has 0 aromatic carbocycles. The fraction of sp³-hybridized carbons (Fsp3) is 0.529. The van der Waals surface area contributed by atoms with Crippen LogP contribution in [0.3, 0.4) is 0 Å². The summed E-state index contributed by atoms with van der Waals surface area (Å²) in [5.74, 6) is 6.37. The number of pyridine rings is 1. The fourth-order valence-electron chi connectivity index (χ4n) is 2.85. The number of nitrogens with two attached hydrogens (primary N) is 1. The van der Waals surface area contributed by atoms with E-state index in [0.29, 0.717) is 24.2 Å². The molecule has 2 atom stereocenters. The van der Waals surface area contributed by atoms with Gasteiger partial charge in [0.1, 0.15) is 5.69 Å². The number of carbonyl (C=O) groups excluding carboxylic acids is 1. The highest BCUT2D eigenvalue weighted by Gasteiger charge is 2.26. The van der Waals surface area contributed by atoms with Crippen molar-refractivity contribution < 1.29 is 4.79 Å². The molecule has 1 saturated carbocycles. The summed E-state index contributed by atoms with van der Waals surface area (Å²) < 4.78 is 0. The van der Waals surface area contributed by atoms with Crippen LogP contribution in [-0.4, -0.2) is 35.4 Å². The van der Waals surface area contributed by atoms with E-state index < -0.39 is 0 Å². The van der Waals surface area contributed by atoms with Crippen LogP contribution in [0.15, 0.2) is 18.3 Å². The van der Waals surface area contributed by atoms with Crippen molar-refractivity contribution in [3.05, 3.63) is 29.6 Å². The van der Waals surface area contributed by atoms with Crippen molar-refractivity contribution in [2.75, 3.05) is 13.6 Å². The van der Waals surface area contributed by atoms with Crippen LogP contribution >= 0.6 is 0 Å². The Hall–Kier alpha value is -1.86. The van der Waals surface area contributed by atoms with Crippen LogP contribution in [-0.2, 0) is 0 Å². The molecule has 1 heterocycles. The first-order chi connectivity index (χ1) is 10.1. The molecule has 1 aliphatic rings. The van der Waals surface area contributed by atoms with Crippen LogP contribution in [0.1, 0.15) is 48.7 Å². The minimum Gasteiger partial charge on any atom is -0.337 e. The predicted molar refractivity (Wildman–Crippen MR) is 83.7 cm³/mol. The Morgan fingerprint density at radius 2 is 2.29 bits per heavy atom. The number of amides is 1. The predicted octanol–water partition coefficient (Wildman–Crippen LogP) is 2.04. The van der Waals surface area contributed by atoms with E-state index in [-0.39, 0.29) is 5.91 Å². The Morgan fingerprint density at radius 3 is 2.90 bits per heavy atom. The fourth-order valence-corrected chi connectivity index (χ4v) is 2.85. The molecule has 4 heteroatoms. The van der Waals surface area contributed by atoms with Crippen molar-refractivity contribution in [2.24, 2.45) is 11.7 Å². The lowest BCUT2D eigenvalue weighted by molar-refractivity contribution is 0.0666. The molecule has 2 rings (SSSR count). The first-order valence-corrected chi connectivity index (χ1v) is 7.54. The summed E-state index contributed by atoms with van der Waals surface area (Å²) in [6, 6.07) is 3.89. The maximum absolute atomic E-state index is 12.5. The molecule has 0 aliphatic heterocycles. The SMILES string of the molecule is CC1CCCC(N(C)C(=O)c2ccc(C#CCN)cn2)C1. The Balaban J connectivity index is 2.05. The van der Waals surface area contributed by atoms with E-state index in [1.54, 1.807) is 12.3 Å². The molecule has 2 unspecified atom stereocenters. The van der Waals surface area contributed by atoms with Gasteiger partial charge in [0, 0.05) is 24.8 Å². The smallest absolute Gasteiger partial charge is 0.272 e. The molecule has 4 nitrogen and oxygen atoms in total. The third-order valence-electron chi connectivity index (χ3n) is 4.09.